The van der Waals surface area contributed by atoms with E-state index in [0.29, 0.717) is 5.56 Å². The van der Waals surface area contributed by atoms with Crippen molar-refractivity contribution in [2.45, 2.75) is 54.8 Å². The molecule has 6 aliphatic heterocycles. The van der Waals surface area contributed by atoms with E-state index in [2.05, 4.69) is 31.9 Å². The largest absolute Gasteiger partial charge is 0.508 e. The summed E-state index contributed by atoms with van der Waals surface area (Å²) in [4.78, 5) is 105. The van der Waals surface area contributed by atoms with E-state index in [1.54, 1.807) is 0 Å². The van der Waals surface area contributed by atoms with Gasteiger partial charge in [-0.1, -0.05) is 47.5 Å². The fourth-order valence-electron chi connectivity index (χ4n) is 10.7. The molecule has 0 radical (unpaired) electrons. The second kappa shape index (κ2) is 25.5. The molecule has 0 saturated heterocycles. The lowest BCUT2D eigenvalue weighted by Crippen LogP contribution is -2.55. The Balaban J connectivity index is 1.16. The number of rotatable bonds is 6. The zero-order valence-corrected chi connectivity index (χ0v) is 48.4. The van der Waals surface area contributed by atoms with E-state index >= 15 is 14.4 Å². The summed E-state index contributed by atoms with van der Waals surface area (Å²) >= 11 is 13.9. The Kier molecular flexibility index (Phi) is 17.4. The van der Waals surface area contributed by atoms with Crippen molar-refractivity contribution in [2.75, 3.05) is 26.4 Å². The second-order valence-corrected chi connectivity index (χ2v) is 22.0. The van der Waals surface area contributed by atoms with Crippen LogP contribution in [0.2, 0.25) is 10.0 Å². The smallest absolute Gasteiger partial charge is 0.333 e. The molecule has 6 amide bonds. The molecule has 7 aromatic carbocycles. The molecule has 0 spiro atoms. The number of hydrogen-bond acceptors (Lipinski definition) is 21. The zero-order valence-electron chi connectivity index (χ0n) is 46.9. The number of phenolic OH excluding ortho intramolecular Hbond substituents is 5. The average Bonchev–Trinajstić information content (AvgIpc) is 0.866. The minimum Gasteiger partial charge on any atom is -0.508 e. The molecule has 0 fully saturated rings. The molecule has 29 heteroatoms. The van der Waals surface area contributed by atoms with Crippen molar-refractivity contribution in [3.63, 3.8) is 0 Å². The number of nitrogens with two attached hydrogens (primary N) is 1. The molecule has 16 N–H and O–H groups in total. The standard InChI is InChI=1S/C62H53Cl2N7O20/c63-36-13-25-1-7-42(36)90-45-20-30-21-46(55(45)87-11-9-72)91-43-8-4-28(18-37(43)64)54(79)53-61(85)70-52(62(86)88-12-10-73)35-23-32(75)24-41(78)47(35)34-17-27(3-5-39(34)76)49(58(82)71-53)68-60(84)51(30)69-59(83)50-29-15-31(74)22-33(16-29)89-44-19-26(2-6-40(44)77)48(65)57(81)66-38(14-25)56(80)67-50/h1-8,13,15-24,38,48-54,72-79H,9-12,14,65H2,(H,66,81)(H,67,80)(H,68,84)(H,69,83)(H,70,85)(H,71,82)/t38-,48-,49-,50+,51-,52-,53+,54-/m1/s1. The van der Waals surface area contributed by atoms with Crippen molar-refractivity contribution in [3.8, 4) is 80.1 Å². The summed E-state index contributed by atoms with van der Waals surface area (Å²) in [5.74, 6) is -13.4. The van der Waals surface area contributed by atoms with Gasteiger partial charge in [-0.2, -0.15) is 0 Å². The van der Waals surface area contributed by atoms with Gasteiger partial charge >= 0.3 is 5.97 Å². The molecule has 7 aromatic rings. The molecule has 0 saturated carbocycles. The fourth-order valence-corrected chi connectivity index (χ4v) is 11.2. The highest BCUT2D eigenvalue weighted by Gasteiger charge is 2.42. The number of amides is 6. The van der Waals surface area contributed by atoms with Crippen LogP contribution >= 0.6 is 23.2 Å². The first-order valence-electron chi connectivity index (χ1n) is 27.7. The van der Waals surface area contributed by atoms with Crippen LogP contribution in [0.3, 0.4) is 0 Å². The quantitative estimate of drug-likeness (QED) is 0.104. The molecule has 91 heavy (non-hydrogen) atoms. The molecular weight excluding hydrogens is 1230 g/mol. The van der Waals surface area contributed by atoms with E-state index in [1.807, 2.05) is 0 Å². The van der Waals surface area contributed by atoms with Crippen molar-refractivity contribution in [1.29, 1.82) is 0 Å². The number of phenols is 5. The SMILES string of the molecule is N[C@H]1C(=O)N[C@@H]2Cc3ccc(c(Cl)c3)Oc3cc4cc(c3OCCO)Oc3ccc(cc3Cl)[C@@H](O)[C@@H]3NC(=O)[C@H](NC(=O)[C@@H]4NC(=O)[C@@H](NC2=O)c2cc(O)cc(c2)Oc2cc1ccc2O)c1ccc(O)c(c1)-c1c(O)cc(O)cc1[C@H](C(=O)OCCO)NC3=O. The number of hydrogen-bond donors (Lipinski definition) is 15. The molecule has 0 aromatic heterocycles. The molecule has 6 heterocycles. The summed E-state index contributed by atoms with van der Waals surface area (Å²) in [5, 5.41) is 103. The third kappa shape index (κ3) is 12.7. The molecule has 27 nitrogen and oxygen atoms in total. The van der Waals surface area contributed by atoms with E-state index in [-0.39, 0.29) is 90.1 Å². The Morgan fingerprint density at radius 3 is 1.80 bits per heavy atom. The number of carbonyl (C=O) groups excluding carboxylic acids is 7. The van der Waals surface area contributed by atoms with Crippen LogP contribution in [0.5, 0.6) is 69.0 Å². The molecule has 13 rings (SSSR count). The number of nitrogens with one attached hydrogen (secondary N) is 6. The Morgan fingerprint density at radius 2 is 1.12 bits per heavy atom. The van der Waals surface area contributed by atoms with Crippen molar-refractivity contribution < 1.29 is 98.1 Å². The topological polar surface area (TPSA) is 426 Å². The number of fused-ring (bicyclic) bond motifs is 14. The van der Waals surface area contributed by atoms with Crippen LogP contribution in [0, 0.1) is 0 Å². The predicted octanol–water partition coefficient (Wildman–Crippen LogP) is 4.10. The van der Waals surface area contributed by atoms with Crippen LogP contribution in [-0.2, 0) is 44.7 Å². The predicted molar refractivity (Wildman–Crippen MR) is 316 cm³/mol. The summed E-state index contributed by atoms with van der Waals surface area (Å²) in [6.07, 6.45) is -2.48. The van der Waals surface area contributed by atoms with Crippen molar-refractivity contribution in [3.05, 3.63) is 164 Å². The van der Waals surface area contributed by atoms with Gasteiger partial charge < -0.3 is 102 Å². The maximum Gasteiger partial charge on any atom is 0.333 e. The van der Waals surface area contributed by atoms with Crippen LogP contribution in [-0.4, -0.2) is 121 Å². The van der Waals surface area contributed by atoms with Gasteiger partial charge in [0, 0.05) is 35.2 Å². The Morgan fingerprint density at radius 1 is 0.527 bits per heavy atom. The number of aliphatic hydroxyl groups excluding tert-OH is 3. The minimum atomic E-state index is -2.19. The molecular formula is C62H53Cl2N7O20. The van der Waals surface area contributed by atoms with Gasteiger partial charge in [0.2, 0.25) is 41.2 Å². The number of aliphatic hydroxyl groups is 3. The van der Waals surface area contributed by atoms with E-state index in [4.69, 9.17) is 52.6 Å². The van der Waals surface area contributed by atoms with Gasteiger partial charge in [0.15, 0.2) is 29.0 Å². The van der Waals surface area contributed by atoms with E-state index < -0.39 is 156 Å². The normalized spacial score (nSPS) is 21.3. The number of aromatic hydroxyl groups is 5. The zero-order chi connectivity index (χ0) is 64.7. The van der Waals surface area contributed by atoms with Gasteiger partial charge in [-0.15, -0.1) is 0 Å². The lowest BCUT2D eigenvalue weighted by atomic mass is 9.89. The minimum absolute atomic E-state index is 0.104. The molecule has 8 atom stereocenters. The Labute approximate surface area is 523 Å². The van der Waals surface area contributed by atoms with E-state index in [0.717, 1.165) is 48.5 Å². The number of benzene rings is 7. The van der Waals surface area contributed by atoms with Gasteiger partial charge in [0.25, 0.3) is 0 Å². The van der Waals surface area contributed by atoms with Gasteiger partial charge in [0.1, 0.15) is 95.8 Å². The van der Waals surface area contributed by atoms with Crippen LogP contribution < -0.4 is 56.6 Å². The average molecular weight is 1290 g/mol. The van der Waals surface area contributed by atoms with Crippen LogP contribution in [0.15, 0.2) is 115 Å². The number of ether oxygens (including phenoxy) is 5. The van der Waals surface area contributed by atoms with E-state index in [9.17, 15) is 60.0 Å². The summed E-state index contributed by atoms with van der Waals surface area (Å²) in [7, 11) is 0. The Bertz CT molecular complexity index is 4150. The highest BCUT2D eigenvalue weighted by Crippen LogP contribution is 2.49. The summed E-state index contributed by atoms with van der Waals surface area (Å²) < 4.78 is 30.3. The summed E-state index contributed by atoms with van der Waals surface area (Å²) in [6.45, 7) is -2.36. The number of halogens is 2. The van der Waals surface area contributed by atoms with Gasteiger partial charge in [-0.25, -0.2) is 4.79 Å². The number of esters is 1. The van der Waals surface area contributed by atoms with Crippen molar-refractivity contribution in [1.82, 2.24) is 31.9 Å². The van der Waals surface area contributed by atoms with E-state index in [1.165, 1.54) is 66.7 Å². The van der Waals surface area contributed by atoms with Crippen LogP contribution in [0.25, 0.3) is 11.1 Å². The van der Waals surface area contributed by atoms with Crippen LogP contribution in [0.4, 0.5) is 0 Å². The summed E-state index contributed by atoms with van der Waals surface area (Å²) in [6, 6.07) is 8.87. The first-order valence-corrected chi connectivity index (χ1v) is 28.4. The van der Waals surface area contributed by atoms with Gasteiger partial charge in [0.05, 0.1) is 23.3 Å². The maximum atomic E-state index is 15.9. The van der Waals surface area contributed by atoms with Gasteiger partial charge in [-0.05, 0) is 112 Å². The lowest BCUT2D eigenvalue weighted by Gasteiger charge is -2.31. The molecule has 470 valence electrons. The third-order valence-electron chi connectivity index (χ3n) is 15.1. The fraction of sp³-hybridized carbons (Fsp3) is 0.210. The summed E-state index contributed by atoms with van der Waals surface area (Å²) in [5.41, 5.74) is 4.65. The highest BCUT2D eigenvalue weighted by molar-refractivity contribution is 6.32. The monoisotopic (exact) mass is 1290 g/mol. The molecule has 0 unspecified atom stereocenters. The van der Waals surface area contributed by atoms with Crippen molar-refractivity contribution in [2.24, 2.45) is 5.73 Å². The highest BCUT2D eigenvalue weighted by atomic mass is 35.5. The molecule has 0 aliphatic carbocycles. The lowest BCUT2D eigenvalue weighted by molar-refractivity contribution is -0.149. The van der Waals surface area contributed by atoms with Crippen molar-refractivity contribution >= 4 is 64.6 Å². The molecule has 6 aliphatic rings. The maximum absolute atomic E-state index is 15.9. The van der Waals surface area contributed by atoms with Crippen LogP contribution in [0.1, 0.15) is 75.3 Å². The number of carbonyl (C=O) groups is 7. The first kappa shape index (κ1) is 62.1. The third-order valence-corrected chi connectivity index (χ3v) is 15.7. The van der Waals surface area contributed by atoms with Gasteiger partial charge in [-0.3, -0.25) is 28.8 Å². The first-order chi connectivity index (χ1) is 43.5. The molecule has 17 bridgehead atoms. The Hall–Kier alpha value is -10.6. The second-order valence-electron chi connectivity index (χ2n) is 21.2.